The molecule has 1 fully saturated rings. The quantitative estimate of drug-likeness (QED) is 0.436. The molecule has 9 nitrogen and oxygen atoms in total. The van der Waals surface area contributed by atoms with Gasteiger partial charge in [0.1, 0.15) is 18.7 Å². The number of aliphatic imine (C=N–C) groups is 1. The van der Waals surface area contributed by atoms with Gasteiger partial charge in [0.25, 0.3) is 0 Å². The molecule has 1 aliphatic rings. The molecule has 0 radical (unpaired) electrons. The summed E-state index contributed by atoms with van der Waals surface area (Å²) in [4.78, 5) is 19.2. The zero-order valence-electron chi connectivity index (χ0n) is 18.3. The summed E-state index contributed by atoms with van der Waals surface area (Å²) >= 11 is 0. The molecule has 1 saturated heterocycles. The highest BCUT2D eigenvalue weighted by atomic mass is 28.4. The van der Waals surface area contributed by atoms with Crippen LogP contribution in [0, 0.1) is 0 Å². The SMILES string of the molecule is CN(C)/C=N/c1ncnc2c1ncn2C1CC(O)C(CO[Si](C)(C)C(C)(C)C)O1. The summed E-state index contributed by atoms with van der Waals surface area (Å²) in [5, 5.41) is 10.7. The highest BCUT2D eigenvalue weighted by Gasteiger charge is 2.41. The molecule has 10 heteroatoms. The molecule has 2 aromatic heterocycles. The van der Waals surface area contributed by atoms with Crippen LogP contribution in [0.4, 0.5) is 5.82 Å². The lowest BCUT2D eigenvalue weighted by Crippen LogP contribution is -2.43. The predicted molar refractivity (Wildman–Crippen MR) is 115 cm³/mol. The fraction of sp³-hybridized carbons (Fsp3) is 0.684. The van der Waals surface area contributed by atoms with Gasteiger partial charge in [0.05, 0.1) is 25.4 Å². The first-order chi connectivity index (χ1) is 13.5. The minimum absolute atomic E-state index is 0.108. The number of aliphatic hydroxyl groups is 1. The van der Waals surface area contributed by atoms with Gasteiger partial charge in [-0.2, -0.15) is 0 Å². The third-order valence-electron chi connectivity index (χ3n) is 5.68. The van der Waals surface area contributed by atoms with E-state index in [-0.39, 0.29) is 17.4 Å². The van der Waals surface area contributed by atoms with Gasteiger partial charge in [-0.1, -0.05) is 20.8 Å². The van der Waals surface area contributed by atoms with Gasteiger partial charge in [-0.3, -0.25) is 4.57 Å². The third-order valence-corrected chi connectivity index (χ3v) is 10.2. The van der Waals surface area contributed by atoms with E-state index in [9.17, 15) is 5.11 Å². The van der Waals surface area contributed by atoms with E-state index >= 15 is 0 Å². The summed E-state index contributed by atoms with van der Waals surface area (Å²) in [7, 11) is 1.87. The average Bonchev–Trinajstić information content (AvgIpc) is 3.20. The van der Waals surface area contributed by atoms with Crippen molar-refractivity contribution in [3.8, 4) is 0 Å². The minimum Gasteiger partial charge on any atom is -0.414 e. The molecule has 29 heavy (non-hydrogen) atoms. The van der Waals surface area contributed by atoms with Crippen molar-refractivity contribution in [3.63, 3.8) is 0 Å². The molecule has 0 amide bonds. The normalized spacial score (nSPS) is 23.4. The molecule has 160 valence electrons. The second-order valence-electron chi connectivity index (χ2n) is 9.23. The summed E-state index contributed by atoms with van der Waals surface area (Å²) in [6.45, 7) is 11.4. The van der Waals surface area contributed by atoms with E-state index < -0.39 is 14.4 Å². The molecule has 1 N–H and O–H groups in total. The van der Waals surface area contributed by atoms with Gasteiger partial charge in [0, 0.05) is 20.5 Å². The number of hydrogen-bond donors (Lipinski definition) is 1. The molecule has 3 rings (SSSR count). The highest BCUT2D eigenvalue weighted by molar-refractivity contribution is 6.74. The number of fused-ring (bicyclic) bond motifs is 1. The van der Waals surface area contributed by atoms with Crippen molar-refractivity contribution in [2.75, 3.05) is 20.7 Å². The first-order valence-electron chi connectivity index (χ1n) is 9.85. The maximum absolute atomic E-state index is 10.5. The van der Waals surface area contributed by atoms with Crippen LogP contribution in [-0.2, 0) is 9.16 Å². The molecular formula is C19H32N6O3Si. The second kappa shape index (κ2) is 8.09. The first-order valence-corrected chi connectivity index (χ1v) is 12.8. The van der Waals surface area contributed by atoms with Gasteiger partial charge in [0.2, 0.25) is 0 Å². The molecule has 0 saturated carbocycles. The molecule has 0 aliphatic carbocycles. The Morgan fingerprint density at radius 2 is 2.07 bits per heavy atom. The topological polar surface area (TPSA) is 97.9 Å². The number of hydrogen-bond acceptors (Lipinski definition) is 7. The lowest BCUT2D eigenvalue weighted by atomic mass is 10.2. The predicted octanol–water partition coefficient (Wildman–Crippen LogP) is 2.72. The summed E-state index contributed by atoms with van der Waals surface area (Å²) in [6, 6.07) is 0. The van der Waals surface area contributed by atoms with Crippen molar-refractivity contribution in [3.05, 3.63) is 12.7 Å². The zero-order chi connectivity index (χ0) is 21.4. The number of nitrogens with zero attached hydrogens (tertiary/aromatic N) is 6. The van der Waals surface area contributed by atoms with Crippen molar-refractivity contribution in [1.82, 2.24) is 24.4 Å². The lowest BCUT2D eigenvalue weighted by Gasteiger charge is -2.37. The Hall–Kier alpha value is -1.88. The van der Waals surface area contributed by atoms with Crippen molar-refractivity contribution in [2.24, 2.45) is 4.99 Å². The summed E-state index contributed by atoms with van der Waals surface area (Å²) < 4.78 is 14.2. The van der Waals surface area contributed by atoms with Crippen LogP contribution >= 0.6 is 0 Å². The maximum atomic E-state index is 10.5. The second-order valence-corrected chi connectivity index (χ2v) is 14.0. The Balaban J connectivity index is 1.76. The highest BCUT2D eigenvalue weighted by Crippen LogP contribution is 2.38. The van der Waals surface area contributed by atoms with Crippen LogP contribution < -0.4 is 0 Å². The van der Waals surface area contributed by atoms with E-state index in [2.05, 4.69) is 53.8 Å². The molecule has 0 spiro atoms. The summed E-state index contributed by atoms with van der Waals surface area (Å²) in [5.74, 6) is 0.499. The molecule has 0 aromatic carbocycles. The van der Waals surface area contributed by atoms with Crippen LogP contribution in [0.2, 0.25) is 18.1 Å². The van der Waals surface area contributed by atoms with Gasteiger partial charge in [0.15, 0.2) is 25.3 Å². The average molecular weight is 421 g/mol. The summed E-state index contributed by atoms with van der Waals surface area (Å²) in [6.07, 6.45) is 3.93. The molecule has 3 atom stereocenters. The van der Waals surface area contributed by atoms with Crippen LogP contribution in [0.3, 0.4) is 0 Å². The number of ether oxygens (including phenoxy) is 1. The number of imidazole rings is 1. The standard InChI is InChI=1S/C19H32N6O3Si/c1-19(2,3)29(6,7)27-9-14-13(26)8-15(28-14)25-12-22-16-17(23-11-24(4)5)20-10-21-18(16)25/h10-15,26H,8-9H2,1-7H3/b23-11+. The van der Waals surface area contributed by atoms with Crippen LogP contribution in [0.25, 0.3) is 11.2 Å². The van der Waals surface area contributed by atoms with Gasteiger partial charge in [-0.05, 0) is 18.1 Å². The smallest absolute Gasteiger partial charge is 0.192 e. The molecule has 0 bridgehead atoms. The number of rotatable bonds is 6. The Labute approximate surface area is 172 Å². The van der Waals surface area contributed by atoms with Crippen molar-refractivity contribution < 1.29 is 14.3 Å². The Morgan fingerprint density at radius 3 is 2.72 bits per heavy atom. The molecular weight excluding hydrogens is 388 g/mol. The van der Waals surface area contributed by atoms with Crippen LogP contribution in [0.1, 0.15) is 33.4 Å². The lowest BCUT2D eigenvalue weighted by molar-refractivity contribution is -0.0405. The Kier molecular flexibility index (Phi) is 6.09. The maximum Gasteiger partial charge on any atom is 0.192 e. The minimum atomic E-state index is -1.91. The van der Waals surface area contributed by atoms with Crippen molar-refractivity contribution in [1.29, 1.82) is 0 Å². The Morgan fingerprint density at radius 1 is 1.34 bits per heavy atom. The van der Waals surface area contributed by atoms with Crippen molar-refractivity contribution >= 4 is 31.6 Å². The third kappa shape index (κ3) is 4.66. The van der Waals surface area contributed by atoms with E-state index in [1.54, 1.807) is 12.7 Å². The van der Waals surface area contributed by atoms with Gasteiger partial charge >= 0.3 is 0 Å². The van der Waals surface area contributed by atoms with Gasteiger partial charge in [-0.15, -0.1) is 0 Å². The zero-order valence-corrected chi connectivity index (χ0v) is 19.3. The molecule has 1 aliphatic heterocycles. The van der Waals surface area contributed by atoms with Crippen LogP contribution in [0.15, 0.2) is 17.6 Å². The fourth-order valence-corrected chi connectivity index (χ4v) is 3.87. The van der Waals surface area contributed by atoms with E-state index in [1.165, 1.54) is 6.33 Å². The van der Waals surface area contributed by atoms with Crippen LogP contribution in [-0.4, -0.2) is 77.1 Å². The van der Waals surface area contributed by atoms with E-state index in [4.69, 9.17) is 9.16 Å². The van der Waals surface area contributed by atoms with E-state index in [0.717, 1.165) is 0 Å². The van der Waals surface area contributed by atoms with Crippen LogP contribution in [0.5, 0.6) is 0 Å². The van der Waals surface area contributed by atoms with Gasteiger partial charge in [-0.25, -0.2) is 19.9 Å². The largest absolute Gasteiger partial charge is 0.414 e. The molecule has 2 aromatic rings. The van der Waals surface area contributed by atoms with E-state index in [0.29, 0.717) is 30.0 Å². The first kappa shape index (κ1) is 21.8. The molecule has 3 unspecified atom stereocenters. The fourth-order valence-electron chi connectivity index (χ4n) is 2.86. The monoisotopic (exact) mass is 420 g/mol. The number of aromatic nitrogens is 4. The Bertz CT molecular complexity index is 876. The summed E-state index contributed by atoms with van der Waals surface area (Å²) in [5.41, 5.74) is 1.23. The van der Waals surface area contributed by atoms with Crippen molar-refractivity contribution in [2.45, 2.75) is 63.8 Å². The number of aliphatic hydroxyl groups excluding tert-OH is 1. The van der Waals surface area contributed by atoms with Gasteiger partial charge < -0.3 is 19.2 Å². The van der Waals surface area contributed by atoms with E-state index in [1.807, 2.05) is 23.6 Å². The molecule has 3 heterocycles.